The summed E-state index contributed by atoms with van der Waals surface area (Å²) in [4.78, 5) is 29.7. The molecule has 2 aliphatic rings. The molecule has 0 radical (unpaired) electrons. The van der Waals surface area contributed by atoms with Crippen LogP contribution in [0.3, 0.4) is 0 Å². The van der Waals surface area contributed by atoms with E-state index in [-0.39, 0.29) is 17.6 Å². The van der Waals surface area contributed by atoms with Crippen LogP contribution in [-0.2, 0) is 0 Å². The molecule has 6 rings (SSSR count). The van der Waals surface area contributed by atoms with Gasteiger partial charge in [0.15, 0.2) is 5.78 Å². The van der Waals surface area contributed by atoms with Crippen LogP contribution < -0.4 is 10.2 Å². The minimum Gasteiger partial charge on any atom is -0.368 e. The van der Waals surface area contributed by atoms with Crippen molar-refractivity contribution in [1.29, 1.82) is 0 Å². The highest BCUT2D eigenvalue weighted by molar-refractivity contribution is 6.09. The first-order chi connectivity index (χ1) is 19.2. The van der Waals surface area contributed by atoms with E-state index in [1.807, 2.05) is 78.9 Å². The molecular weight excluding hydrogens is 480 g/mol. The largest absolute Gasteiger partial charge is 0.368 e. The number of nitrogens with zero attached hydrogens (tertiary/aromatic N) is 1. The minimum absolute atomic E-state index is 0.154. The second-order valence-electron chi connectivity index (χ2n) is 10.7. The SMILES string of the molecule is O=C(Nc1ccc(C(=O)C2CCCC[C@H]3CCCN3c3ccccc32)cc1)c1ccccc1-c1ccccc1. The number of carbonyl (C=O) groups is 2. The van der Waals surface area contributed by atoms with Crippen molar-refractivity contribution in [3.05, 3.63) is 120 Å². The second-order valence-corrected chi connectivity index (χ2v) is 10.7. The number of para-hydroxylation sites is 1. The first-order valence-electron chi connectivity index (χ1n) is 14.1. The van der Waals surface area contributed by atoms with Gasteiger partial charge in [0.05, 0.1) is 0 Å². The van der Waals surface area contributed by atoms with Gasteiger partial charge < -0.3 is 10.2 Å². The number of ketones is 1. The van der Waals surface area contributed by atoms with E-state index in [4.69, 9.17) is 0 Å². The summed E-state index contributed by atoms with van der Waals surface area (Å²) in [6, 6.07) is 34.0. The third-order valence-electron chi connectivity index (χ3n) is 8.28. The summed E-state index contributed by atoms with van der Waals surface area (Å²) < 4.78 is 0. The fourth-order valence-electron chi connectivity index (χ4n) is 6.32. The average molecular weight is 515 g/mol. The standard InChI is InChI=1S/C35H34N2O2/c38-34(31-17-5-4-13-28-14-10-24-37(28)33-19-9-8-16-30(31)33)26-20-22-27(23-21-26)36-35(39)32-18-7-6-15-29(32)25-11-2-1-3-12-25/h1-3,6-9,11-12,15-16,18-23,28,31H,4-5,10,13-14,17,24H2,(H,36,39)/t28-,31?/m0/s1. The number of rotatable bonds is 5. The zero-order valence-corrected chi connectivity index (χ0v) is 22.2. The lowest BCUT2D eigenvalue weighted by Gasteiger charge is -2.29. The third kappa shape index (κ3) is 5.24. The minimum atomic E-state index is -0.168. The number of amides is 1. The van der Waals surface area contributed by atoms with Crippen molar-refractivity contribution in [2.24, 2.45) is 0 Å². The summed E-state index contributed by atoms with van der Waals surface area (Å²) in [7, 11) is 0. The molecule has 1 amide bonds. The van der Waals surface area contributed by atoms with Gasteiger partial charge in [0.2, 0.25) is 0 Å². The number of nitrogens with one attached hydrogen (secondary N) is 1. The Labute approximate surface area is 230 Å². The number of hydrogen-bond acceptors (Lipinski definition) is 3. The van der Waals surface area contributed by atoms with E-state index in [0.717, 1.165) is 42.5 Å². The maximum atomic E-state index is 13.9. The van der Waals surface area contributed by atoms with Gasteiger partial charge in [0.25, 0.3) is 5.91 Å². The highest BCUT2D eigenvalue weighted by atomic mass is 16.1. The van der Waals surface area contributed by atoms with Gasteiger partial charge in [-0.25, -0.2) is 0 Å². The van der Waals surface area contributed by atoms with Crippen molar-refractivity contribution in [3.63, 3.8) is 0 Å². The fourth-order valence-corrected chi connectivity index (χ4v) is 6.32. The number of benzene rings is 4. The summed E-state index contributed by atoms with van der Waals surface area (Å²) in [6.07, 6.45) is 6.76. The molecular formula is C35H34N2O2. The van der Waals surface area contributed by atoms with Crippen LogP contribution in [0.4, 0.5) is 11.4 Å². The molecule has 4 aromatic carbocycles. The molecule has 2 atom stereocenters. The Morgan fingerprint density at radius 3 is 2.23 bits per heavy atom. The normalized spacial score (nSPS) is 18.7. The Balaban J connectivity index is 1.22. The second kappa shape index (κ2) is 11.3. The molecule has 2 aliphatic heterocycles. The van der Waals surface area contributed by atoms with Crippen molar-refractivity contribution in [2.75, 3.05) is 16.8 Å². The van der Waals surface area contributed by atoms with Crippen LogP contribution in [0.15, 0.2) is 103 Å². The predicted octanol–water partition coefficient (Wildman–Crippen LogP) is 8.12. The lowest BCUT2D eigenvalue weighted by Crippen LogP contribution is -2.30. The molecule has 0 aromatic heterocycles. The van der Waals surface area contributed by atoms with Gasteiger partial charge in [-0.05, 0) is 78.8 Å². The summed E-state index contributed by atoms with van der Waals surface area (Å²) in [6.45, 7) is 1.07. The maximum Gasteiger partial charge on any atom is 0.256 e. The van der Waals surface area contributed by atoms with Gasteiger partial charge >= 0.3 is 0 Å². The van der Waals surface area contributed by atoms with Gasteiger partial charge in [0, 0.05) is 41.0 Å². The Kier molecular flexibility index (Phi) is 7.27. The summed E-state index contributed by atoms with van der Waals surface area (Å²) in [5.41, 5.74) is 6.27. The number of fused-ring (bicyclic) bond motifs is 3. The van der Waals surface area contributed by atoms with E-state index >= 15 is 0 Å². The summed E-state index contributed by atoms with van der Waals surface area (Å²) in [5, 5.41) is 3.02. The lowest BCUT2D eigenvalue weighted by molar-refractivity contribution is 0.0953. The molecule has 1 fully saturated rings. The van der Waals surface area contributed by atoms with E-state index in [1.54, 1.807) is 0 Å². The maximum absolute atomic E-state index is 13.9. The van der Waals surface area contributed by atoms with E-state index in [2.05, 4.69) is 34.5 Å². The first-order valence-corrected chi connectivity index (χ1v) is 14.1. The first kappa shape index (κ1) is 25.1. The quantitative estimate of drug-likeness (QED) is 0.274. The molecule has 1 saturated heterocycles. The molecule has 0 aliphatic carbocycles. The van der Waals surface area contributed by atoms with Gasteiger partial charge in [0.1, 0.15) is 0 Å². The number of carbonyl (C=O) groups excluding carboxylic acids is 2. The van der Waals surface area contributed by atoms with Crippen molar-refractivity contribution >= 4 is 23.1 Å². The molecule has 4 nitrogen and oxygen atoms in total. The van der Waals surface area contributed by atoms with Crippen LogP contribution in [0.25, 0.3) is 11.1 Å². The fraction of sp³-hybridized carbons (Fsp3) is 0.257. The zero-order valence-electron chi connectivity index (χ0n) is 22.2. The van der Waals surface area contributed by atoms with Crippen LogP contribution >= 0.6 is 0 Å². The Morgan fingerprint density at radius 1 is 0.692 bits per heavy atom. The summed E-state index contributed by atoms with van der Waals surface area (Å²) in [5.74, 6) is -0.162. The smallest absolute Gasteiger partial charge is 0.256 e. The summed E-state index contributed by atoms with van der Waals surface area (Å²) >= 11 is 0. The van der Waals surface area contributed by atoms with E-state index < -0.39 is 0 Å². The van der Waals surface area contributed by atoms with Crippen LogP contribution in [0.1, 0.15) is 70.7 Å². The molecule has 0 spiro atoms. The van der Waals surface area contributed by atoms with Gasteiger partial charge in [-0.15, -0.1) is 0 Å². The molecule has 4 heteroatoms. The van der Waals surface area contributed by atoms with Crippen LogP contribution in [0.2, 0.25) is 0 Å². The predicted molar refractivity (Wildman–Crippen MR) is 159 cm³/mol. The monoisotopic (exact) mass is 514 g/mol. The van der Waals surface area contributed by atoms with Crippen molar-refractivity contribution in [2.45, 2.75) is 50.5 Å². The highest BCUT2D eigenvalue weighted by Crippen LogP contribution is 2.39. The number of Topliss-reactive ketones (excluding diaryl/α,β-unsaturated/α-hetero) is 1. The van der Waals surface area contributed by atoms with Gasteiger partial charge in [-0.2, -0.15) is 0 Å². The highest BCUT2D eigenvalue weighted by Gasteiger charge is 2.32. The van der Waals surface area contributed by atoms with Gasteiger partial charge in [-0.3, -0.25) is 9.59 Å². The Bertz CT molecular complexity index is 1460. The van der Waals surface area contributed by atoms with E-state index in [0.29, 0.717) is 22.9 Å². The van der Waals surface area contributed by atoms with E-state index in [1.165, 1.54) is 24.9 Å². The molecule has 1 N–H and O–H groups in total. The van der Waals surface area contributed by atoms with Crippen molar-refractivity contribution in [1.82, 2.24) is 0 Å². The van der Waals surface area contributed by atoms with Crippen LogP contribution in [0.5, 0.6) is 0 Å². The molecule has 39 heavy (non-hydrogen) atoms. The van der Waals surface area contributed by atoms with Crippen molar-refractivity contribution < 1.29 is 9.59 Å². The number of anilines is 2. The molecule has 0 bridgehead atoms. The van der Waals surface area contributed by atoms with Gasteiger partial charge in [-0.1, -0.05) is 79.6 Å². The molecule has 196 valence electrons. The molecule has 1 unspecified atom stereocenters. The Morgan fingerprint density at radius 2 is 1.38 bits per heavy atom. The Hall–Kier alpha value is -4.18. The van der Waals surface area contributed by atoms with E-state index in [9.17, 15) is 9.59 Å². The molecule has 0 saturated carbocycles. The van der Waals surface area contributed by atoms with Crippen LogP contribution in [-0.4, -0.2) is 24.3 Å². The average Bonchev–Trinajstić information content (AvgIpc) is 3.47. The zero-order chi connectivity index (χ0) is 26.6. The molecule has 4 aromatic rings. The van der Waals surface area contributed by atoms with Crippen LogP contribution in [0, 0.1) is 0 Å². The number of hydrogen-bond donors (Lipinski definition) is 1. The lowest BCUT2D eigenvalue weighted by atomic mass is 9.85. The molecule has 2 heterocycles. The van der Waals surface area contributed by atoms with Crippen molar-refractivity contribution in [3.8, 4) is 11.1 Å². The topological polar surface area (TPSA) is 49.4 Å². The third-order valence-corrected chi connectivity index (χ3v) is 8.28.